The first kappa shape index (κ1) is 18.0. The second-order valence-electron chi connectivity index (χ2n) is 8.16. The Hall–Kier alpha value is -1.83. The van der Waals surface area contributed by atoms with Crippen LogP contribution in [0.4, 0.5) is 0 Å². The largest absolute Gasteiger partial charge is 0.461 e. The quantitative estimate of drug-likeness (QED) is 0.663. The van der Waals surface area contributed by atoms with Gasteiger partial charge in [0.15, 0.2) is 0 Å². The van der Waals surface area contributed by atoms with Gasteiger partial charge in [-0.1, -0.05) is 75.2 Å². The minimum absolute atomic E-state index is 0.0678. The van der Waals surface area contributed by atoms with Crippen LogP contribution in [0.25, 0.3) is 5.57 Å². The van der Waals surface area contributed by atoms with Crippen molar-refractivity contribution in [1.29, 1.82) is 0 Å². The van der Waals surface area contributed by atoms with Crippen molar-refractivity contribution in [2.24, 2.45) is 23.7 Å². The maximum absolute atomic E-state index is 12.9. The maximum atomic E-state index is 12.9. The Morgan fingerprint density at radius 3 is 2.56 bits per heavy atom. The first-order valence-corrected chi connectivity index (χ1v) is 9.61. The molecule has 2 heteroatoms. The van der Waals surface area contributed by atoms with E-state index in [1.54, 1.807) is 0 Å². The molecule has 2 aliphatic rings. The number of ether oxygens (including phenoxy) is 1. The number of hydrogen-bond donors (Lipinski definition) is 0. The molecule has 25 heavy (non-hydrogen) atoms. The van der Waals surface area contributed by atoms with Gasteiger partial charge >= 0.3 is 5.97 Å². The van der Waals surface area contributed by atoms with E-state index in [4.69, 9.17) is 4.74 Å². The molecule has 2 aliphatic carbocycles. The highest BCUT2D eigenvalue weighted by atomic mass is 16.5. The van der Waals surface area contributed by atoms with Crippen molar-refractivity contribution in [3.63, 3.8) is 0 Å². The van der Waals surface area contributed by atoms with Gasteiger partial charge in [0.25, 0.3) is 0 Å². The maximum Gasteiger partial charge on any atom is 0.317 e. The second kappa shape index (κ2) is 7.59. The zero-order chi connectivity index (χ0) is 18.0. The van der Waals surface area contributed by atoms with Gasteiger partial charge in [-0.25, -0.2) is 0 Å². The Balaban J connectivity index is 1.72. The summed E-state index contributed by atoms with van der Waals surface area (Å²) in [7, 11) is 0. The minimum Gasteiger partial charge on any atom is -0.461 e. The van der Waals surface area contributed by atoms with Gasteiger partial charge in [0, 0.05) is 0 Å². The molecular weight excluding hydrogens is 308 g/mol. The van der Waals surface area contributed by atoms with Crippen LogP contribution in [-0.4, -0.2) is 12.1 Å². The molecule has 134 valence electrons. The van der Waals surface area contributed by atoms with Crippen LogP contribution >= 0.6 is 0 Å². The summed E-state index contributed by atoms with van der Waals surface area (Å²) in [6.45, 7) is 8.79. The number of esters is 1. The normalized spacial score (nSPS) is 29.3. The van der Waals surface area contributed by atoms with E-state index < -0.39 is 0 Å². The topological polar surface area (TPSA) is 26.3 Å². The molecule has 0 radical (unpaired) electrons. The molecule has 0 heterocycles. The highest BCUT2D eigenvalue weighted by Gasteiger charge is 2.35. The number of rotatable bonds is 4. The Bertz CT molecular complexity index is 669. The lowest BCUT2D eigenvalue weighted by atomic mass is 9.75. The van der Waals surface area contributed by atoms with Crippen LogP contribution in [-0.2, 0) is 9.53 Å². The molecule has 0 saturated heterocycles. The van der Waals surface area contributed by atoms with Gasteiger partial charge in [0.2, 0.25) is 0 Å². The summed E-state index contributed by atoms with van der Waals surface area (Å²) < 4.78 is 6.05. The van der Waals surface area contributed by atoms with Gasteiger partial charge in [0.1, 0.15) is 6.10 Å². The van der Waals surface area contributed by atoms with E-state index >= 15 is 0 Å². The van der Waals surface area contributed by atoms with Gasteiger partial charge < -0.3 is 4.74 Å². The van der Waals surface area contributed by atoms with E-state index in [-0.39, 0.29) is 18.0 Å². The van der Waals surface area contributed by atoms with Crippen LogP contribution in [0.15, 0.2) is 48.1 Å². The summed E-state index contributed by atoms with van der Waals surface area (Å²) in [5.41, 5.74) is 3.36. The Morgan fingerprint density at radius 1 is 1.16 bits per heavy atom. The molecule has 0 aliphatic heterocycles. The fourth-order valence-electron chi connectivity index (χ4n) is 4.23. The van der Waals surface area contributed by atoms with Gasteiger partial charge in [0.05, 0.1) is 5.92 Å². The Labute approximate surface area is 152 Å². The molecule has 1 aromatic rings. The second-order valence-corrected chi connectivity index (χ2v) is 8.16. The lowest BCUT2D eigenvalue weighted by Crippen LogP contribution is -2.37. The summed E-state index contributed by atoms with van der Waals surface area (Å²) in [6, 6.07) is 10.2. The number of carbonyl (C=O) groups excluding carboxylic acids is 1. The molecule has 0 N–H and O–H groups in total. The average Bonchev–Trinajstić information content (AvgIpc) is 2.97. The fourth-order valence-corrected chi connectivity index (χ4v) is 4.23. The molecule has 3 rings (SSSR count). The standard InChI is InChI=1S/C23H30O2/c1-15(2)20-11-10-16(3)12-22(20)25-23(24)21-14-19(13-17(21)4)18-8-6-5-7-9-18/h5-9,13-16,20-22H,10-12H2,1-4H3/t16-,20+,21?,22-/m0/s1. The lowest BCUT2D eigenvalue weighted by molar-refractivity contribution is -0.157. The molecule has 1 saturated carbocycles. The predicted octanol–water partition coefficient (Wildman–Crippen LogP) is 5.65. The van der Waals surface area contributed by atoms with Crippen LogP contribution < -0.4 is 0 Å². The number of allylic oxidation sites excluding steroid dienone is 2. The molecule has 0 aromatic heterocycles. The third kappa shape index (κ3) is 4.05. The van der Waals surface area contributed by atoms with Gasteiger partial charge in [-0.3, -0.25) is 4.79 Å². The van der Waals surface area contributed by atoms with Crippen molar-refractivity contribution in [3.8, 4) is 0 Å². The summed E-state index contributed by atoms with van der Waals surface area (Å²) in [5.74, 6) is 1.37. The van der Waals surface area contributed by atoms with Gasteiger partial charge in [-0.15, -0.1) is 0 Å². The van der Waals surface area contributed by atoms with E-state index in [2.05, 4.69) is 45.1 Å². The third-order valence-electron chi connectivity index (χ3n) is 5.81. The molecule has 0 bridgehead atoms. The average molecular weight is 338 g/mol. The zero-order valence-corrected chi connectivity index (χ0v) is 15.9. The lowest BCUT2D eigenvalue weighted by Gasteiger charge is -2.37. The number of carbonyl (C=O) groups is 1. The summed E-state index contributed by atoms with van der Waals surface area (Å²) >= 11 is 0. The zero-order valence-electron chi connectivity index (χ0n) is 15.9. The number of hydrogen-bond acceptors (Lipinski definition) is 2. The number of benzene rings is 1. The first-order valence-electron chi connectivity index (χ1n) is 9.61. The van der Waals surface area contributed by atoms with Crippen LogP contribution in [0.2, 0.25) is 0 Å². The van der Waals surface area contributed by atoms with E-state index in [0.717, 1.165) is 23.1 Å². The predicted molar refractivity (Wildman–Crippen MR) is 103 cm³/mol. The van der Waals surface area contributed by atoms with Crippen LogP contribution in [0, 0.1) is 23.7 Å². The SMILES string of the molecule is CC1=CC(c2ccccc2)=CC1C(=O)O[C@H]1C[C@@H](C)CC[C@@H]1C(C)C. The van der Waals surface area contributed by atoms with E-state index in [1.807, 2.05) is 25.1 Å². The molecular formula is C23H30O2. The van der Waals surface area contributed by atoms with Crippen molar-refractivity contribution in [3.05, 3.63) is 53.6 Å². The Morgan fingerprint density at radius 2 is 1.88 bits per heavy atom. The van der Waals surface area contributed by atoms with E-state index in [0.29, 0.717) is 17.8 Å². The third-order valence-corrected chi connectivity index (χ3v) is 5.81. The van der Waals surface area contributed by atoms with Gasteiger partial charge in [-0.2, -0.15) is 0 Å². The van der Waals surface area contributed by atoms with Crippen LogP contribution in [0.1, 0.15) is 52.5 Å². The molecule has 4 atom stereocenters. The highest BCUT2D eigenvalue weighted by molar-refractivity contribution is 5.88. The minimum atomic E-state index is -0.236. The highest BCUT2D eigenvalue weighted by Crippen LogP contribution is 2.37. The molecule has 2 nitrogen and oxygen atoms in total. The van der Waals surface area contributed by atoms with Crippen molar-refractivity contribution < 1.29 is 9.53 Å². The van der Waals surface area contributed by atoms with Crippen molar-refractivity contribution in [1.82, 2.24) is 0 Å². The van der Waals surface area contributed by atoms with E-state index in [9.17, 15) is 4.79 Å². The van der Waals surface area contributed by atoms with Crippen LogP contribution in [0.3, 0.4) is 0 Å². The van der Waals surface area contributed by atoms with Gasteiger partial charge in [-0.05, 0) is 48.7 Å². The molecule has 0 amide bonds. The summed E-state index contributed by atoms with van der Waals surface area (Å²) in [6.07, 6.45) is 7.66. The molecule has 0 spiro atoms. The molecule has 1 aromatic carbocycles. The van der Waals surface area contributed by atoms with Crippen molar-refractivity contribution in [2.75, 3.05) is 0 Å². The van der Waals surface area contributed by atoms with Crippen molar-refractivity contribution >= 4 is 11.5 Å². The van der Waals surface area contributed by atoms with E-state index in [1.165, 1.54) is 12.8 Å². The van der Waals surface area contributed by atoms with Crippen LogP contribution in [0.5, 0.6) is 0 Å². The molecule has 1 fully saturated rings. The summed E-state index contributed by atoms with van der Waals surface area (Å²) in [5, 5.41) is 0. The summed E-state index contributed by atoms with van der Waals surface area (Å²) in [4.78, 5) is 12.9. The Kier molecular flexibility index (Phi) is 5.46. The smallest absolute Gasteiger partial charge is 0.317 e. The first-order chi connectivity index (χ1) is 12.0. The molecule has 1 unspecified atom stereocenters. The van der Waals surface area contributed by atoms with Crippen molar-refractivity contribution in [2.45, 2.75) is 53.1 Å². The fraction of sp³-hybridized carbons (Fsp3) is 0.522. The monoisotopic (exact) mass is 338 g/mol.